The van der Waals surface area contributed by atoms with Gasteiger partial charge in [-0.25, -0.2) is 0 Å². The van der Waals surface area contributed by atoms with Crippen molar-refractivity contribution in [3.8, 4) is 0 Å². The zero-order valence-corrected chi connectivity index (χ0v) is 29.2. The van der Waals surface area contributed by atoms with Gasteiger partial charge in [0.15, 0.2) is 5.78 Å². The first kappa shape index (κ1) is 36.9. The summed E-state index contributed by atoms with van der Waals surface area (Å²) in [4.78, 5) is 12.9. The second-order valence-corrected chi connectivity index (χ2v) is 15.4. The van der Waals surface area contributed by atoms with Gasteiger partial charge in [-0.3, -0.25) is 4.79 Å². The number of fused-ring (bicyclic) bond motifs is 1. The number of carbonyl (C=O) groups is 1. The molecule has 0 bridgehead atoms. The third-order valence-corrected chi connectivity index (χ3v) is 10.5. The highest BCUT2D eigenvalue weighted by Crippen LogP contribution is 2.59. The Kier molecular flexibility index (Phi) is 11.9. The van der Waals surface area contributed by atoms with E-state index in [0.717, 1.165) is 30.4 Å². The van der Waals surface area contributed by atoms with Crippen LogP contribution in [0, 0.1) is 16.7 Å². The van der Waals surface area contributed by atoms with E-state index in [1.165, 1.54) is 5.57 Å². The molecule has 1 saturated heterocycles. The van der Waals surface area contributed by atoms with E-state index < -0.39 is 17.1 Å². The predicted molar refractivity (Wildman–Crippen MR) is 186 cm³/mol. The predicted octanol–water partition coefficient (Wildman–Crippen LogP) is 8.21. The van der Waals surface area contributed by atoms with Crippen molar-refractivity contribution in [2.24, 2.45) is 16.7 Å². The average molecular weight is 619 g/mol. The molecular weight excluding hydrogens is 560 g/mol. The van der Waals surface area contributed by atoms with Gasteiger partial charge in [0, 0.05) is 11.8 Å². The van der Waals surface area contributed by atoms with Crippen LogP contribution in [-0.2, 0) is 9.53 Å². The summed E-state index contributed by atoms with van der Waals surface area (Å²) in [6.07, 6.45) is 22.8. The number of hydrogen-bond acceptors (Lipinski definition) is 5. The zero-order chi connectivity index (χ0) is 33.8. The Bertz CT molecular complexity index is 1330. The molecule has 3 rings (SSSR count). The maximum Gasteiger partial charge on any atom is 0.161 e. The molecule has 0 spiro atoms. The van der Waals surface area contributed by atoms with Gasteiger partial charge in [-0.1, -0.05) is 112 Å². The summed E-state index contributed by atoms with van der Waals surface area (Å²) in [5.74, 6) is 0.318. The molecule has 3 fully saturated rings. The molecular formula is C40H58O5. The highest BCUT2D eigenvalue weighted by molar-refractivity contribution is 5.96. The highest BCUT2D eigenvalue weighted by Gasteiger charge is 2.67. The fourth-order valence-electron chi connectivity index (χ4n) is 7.50. The van der Waals surface area contributed by atoms with E-state index in [4.69, 9.17) is 4.74 Å². The van der Waals surface area contributed by atoms with Gasteiger partial charge >= 0.3 is 0 Å². The first-order chi connectivity index (χ1) is 20.8. The third kappa shape index (κ3) is 9.04. The van der Waals surface area contributed by atoms with Crippen LogP contribution in [0.3, 0.4) is 0 Å². The van der Waals surface area contributed by atoms with E-state index in [1.54, 1.807) is 13.0 Å². The van der Waals surface area contributed by atoms with Crippen LogP contribution in [0.2, 0.25) is 0 Å². The molecule has 45 heavy (non-hydrogen) atoms. The van der Waals surface area contributed by atoms with Gasteiger partial charge in [0.2, 0.25) is 0 Å². The van der Waals surface area contributed by atoms with Gasteiger partial charge in [-0.2, -0.15) is 0 Å². The van der Waals surface area contributed by atoms with E-state index >= 15 is 0 Å². The van der Waals surface area contributed by atoms with Crippen LogP contribution in [0.1, 0.15) is 101 Å². The molecule has 1 heterocycles. The lowest BCUT2D eigenvalue weighted by atomic mass is 9.60. The van der Waals surface area contributed by atoms with Crippen LogP contribution in [0.4, 0.5) is 0 Å². The number of allylic oxidation sites excluding steroid dienone is 14. The van der Waals surface area contributed by atoms with Crippen LogP contribution in [0.25, 0.3) is 0 Å². The summed E-state index contributed by atoms with van der Waals surface area (Å²) in [5.41, 5.74) is 2.56. The van der Waals surface area contributed by atoms with Crippen molar-refractivity contribution in [2.45, 2.75) is 130 Å². The number of aliphatic hydroxyl groups is 3. The Hall–Kier alpha value is -2.57. The third-order valence-electron chi connectivity index (χ3n) is 10.5. The van der Waals surface area contributed by atoms with Crippen LogP contribution in [-0.4, -0.2) is 50.6 Å². The fourth-order valence-corrected chi connectivity index (χ4v) is 7.50. The van der Waals surface area contributed by atoms with Crippen molar-refractivity contribution in [3.05, 3.63) is 95.2 Å². The van der Waals surface area contributed by atoms with E-state index in [9.17, 15) is 20.1 Å². The van der Waals surface area contributed by atoms with Crippen molar-refractivity contribution < 1.29 is 24.9 Å². The number of epoxide rings is 1. The SMILES string of the molecule is C=C1C[C@@H](O)CC(C)(C)[C@]1(O)CC(=O)/C(C)=C/C=C/C(C)=C/C=C/C=C(C)/C=C/C=C(\C)CC[C@@H]1C(C)(C)C[C@@H](O)[C@@H]2O[C@]12C. The van der Waals surface area contributed by atoms with E-state index in [1.807, 2.05) is 51.2 Å². The molecule has 0 radical (unpaired) electrons. The number of aliphatic hydroxyl groups excluding tert-OH is 2. The van der Waals surface area contributed by atoms with Gasteiger partial charge in [-0.05, 0) is 89.2 Å². The molecule has 5 heteroatoms. The Morgan fingerprint density at radius 2 is 1.47 bits per heavy atom. The Labute approximate surface area is 272 Å². The number of Topliss-reactive ketones (excluding diaryl/α,β-unsaturated/α-hetero) is 1. The Balaban J connectivity index is 1.47. The standard InChI is InChI=1S/C40H58O5/c1-27(17-13-18-29(3)21-22-35-37(6,7)25-34(43)36-39(35,10)45-36)15-11-12-16-28(2)19-14-20-30(4)33(42)26-40(44)31(5)23-32(41)24-38(40,8)9/h11-20,32,34-36,41,43-44H,5,21-26H2,1-4,6-10H3/b12-11+,17-13+,19-14+,27-15+,28-16+,29-18+,30-20+/t32-,34-,35-,36+,39-,40+/m1/s1. The maximum absolute atomic E-state index is 12.9. The van der Waals surface area contributed by atoms with Gasteiger partial charge < -0.3 is 20.1 Å². The van der Waals surface area contributed by atoms with E-state index in [0.29, 0.717) is 29.9 Å². The Morgan fingerprint density at radius 3 is 2.04 bits per heavy atom. The van der Waals surface area contributed by atoms with Gasteiger partial charge in [0.1, 0.15) is 6.10 Å². The normalized spacial score (nSPS) is 34.2. The average Bonchev–Trinajstić information content (AvgIpc) is 3.61. The van der Waals surface area contributed by atoms with Crippen LogP contribution in [0.5, 0.6) is 0 Å². The number of hydrogen-bond donors (Lipinski definition) is 3. The second-order valence-electron chi connectivity index (χ2n) is 15.4. The molecule has 6 atom stereocenters. The molecule has 1 aliphatic heterocycles. The molecule has 2 saturated carbocycles. The quantitative estimate of drug-likeness (QED) is 0.0888. The summed E-state index contributed by atoms with van der Waals surface area (Å²) >= 11 is 0. The summed E-state index contributed by atoms with van der Waals surface area (Å²) < 4.78 is 5.97. The van der Waals surface area contributed by atoms with E-state index in [2.05, 4.69) is 65.5 Å². The fraction of sp³-hybridized carbons (Fsp3) is 0.575. The second kappa shape index (κ2) is 14.5. The van der Waals surface area contributed by atoms with Crippen LogP contribution >= 0.6 is 0 Å². The van der Waals surface area contributed by atoms with Crippen molar-refractivity contribution >= 4 is 5.78 Å². The number of ether oxygens (including phenoxy) is 1. The monoisotopic (exact) mass is 618 g/mol. The van der Waals surface area contributed by atoms with Crippen molar-refractivity contribution in [3.63, 3.8) is 0 Å². The smallest absolute Gasteiger partial charge is 0.161 e. The largest absolute Gasteiger partial charge is 0.393 e. The van der Waals surface area contributed by atoms with Crippen molar-refractivity contribution in [1.82, 2.24) is 0 Å². The maximum atomic E-state index is 12.9. The molecule has 0 aromatic heterocycles. The highest BCUT2D eigenvalue weighted by atomic mass is 16.6. The first-order valence-electron chi connectivity index (χ1n) is 16.5. The van der Waals surface area contributed by atoms with Gasteiger partial charge in [0.05, 0.1) is 23.4 Å². The van der Waals surface area contributed by atoms with Crippen LogP contribution < -0.4 is 0 Å². The number of rotatable bonds is 12. The lowest BCUT2D eigenvalue weighted by molar-refractivity contribution is -0.130. The molecule has 248 valence electrons. The summed E-state index contributed by atoms with van der Waals surface area (Å²) in [6.45, 7) is 22.5. The molecule has 0 aromatic rings. The topological polar surface area (TPSA) is 90.3 Å². The molecule has 3 N–H and O–H groups in total. The Morgan fingerprint density at radius 1 is 0.889 bits per heavy atom. The van der Waals surface area contributed by atoms with E-state index in [-0.39, 0.29) is 35.4 Å². The molecule has 5 nitrogen and oxygen atoms in total. The minimum Gasteiger partial charge on any atom is -0.393 e. The number of ketones is 1. The zero-order valence-electron chi connectivity index (χ0n) is 29.2. The number of carbonyl (C=O) groups excluding carboxylic acids is 1. The molecule has 0 unspecified atom stereocenters. The summed E-state index contributed by atoms with van der Waals surface area (Å²) in [7, 11) is 0. The van der Waals surface area contributed by atoms with Crippen molar-refractivity contribution in [2.75, 3.05) is 0 Å². The van der Waals surface area contributed by atoms with Gasteiger partial charge in [-0.15, -0.1) is 0 Å². The molecule has 2 aliphatic carbocycles. The minimum absolute atomic E-state index is 0.00522. The molecule has 3 aliphatic rings. The minimum atomic E-state index is -1.33. The molecule has 0 aromatic carbocycles. The summed E-state index contributed by atoms with van der Waals surface area (Å²) in [6, 6.07) is 0. The first-order valence-corrected chi connectivity index (χ1v) is 16.5. The van der Waals surface area contributed by atoms with Gasteiger partial charge in [0.25, 0.3) is 0 Å². The lowest BCUT2D eigenvalue weighted by Gasteiger charge is -2.49. The lowest BCUT2D eigenvalue weighted by Crippen LogP contribution is -2.53. The summed E-state index contributed by atoms with van der Waals surface area (Å²) in [5, 5.41) is 31.8. The van der Waals surface area contributed by atoms with Crippen LogP contribution in [0.15, 0.2) is 95.2 Å². The van der Waals surface area contributed by atoms with Crippen molar-refractivity contribution in [1.29, 1.82) is 0 Å². The molecule has 0 amide bonds.